The maximum absolute atomic E-state index is 13.7. The summed E-state index contributed by atoms with van der Waals surface area (Å²) in [4.78, 5) is 28.0. The van der Waals surface area contributed by atoms with Gasteiger partial charge < -0.3 is 10.2 Å². The molecule has 198 valence electrons. The summed E-state index contributed by atoms with van der Waals surface area (Å²) in [6.07, 6.45) is 1.80. The fraction of sp³-hybridized carbons (Fsp3) is 0.462. The molecule has 2 aromatic rings. The number of hydrogen-bond donors (Lipinski definition) is 1. The van der Waals surface area contributed by atoms with Crippen LogP contribution in [0.4, 0.5) is 5.69 Å². The average molecular weight is 557 g/mol. The first-order valence-electron chi connectivity index (χ1n) is 11.9. The van der Waals surface area contributed by atoms with E-state index >= 15 is 0 Å². The number of carbonyl (C=O) groups is 2. The molecule has 0 aliphatic carbocycles. The van der Waals surface area contributed by atoms with Gasteiger partial charge in [0, 0.05) is 12.6 Å². The van der Waals surface area contributed by atoms with Crippen LogP contribution in [0.2, 0.25) is 10.0 Å². The second-order valence-electron chi connectivity index (χ2n) is 9.25. The lowest BCUT2D eigenvalue weighted by atomic mass is 10.0. The number of halogens is 2. The van der Waals surface area contributed by atoms with Crippen molar-refractivity contribution in [2.45, 2.75) is 65.6 Å². The van der Waals surface area contributed by atoms with Gasteiger partial charge in [-0.05, 0) is 55.5 Å². The zero-order valence-electron chi connectivity index (χ0n) is 21.6. The van der Waals surface area contributed by atoms with Crippen LogP contribution in [0.15, 0.2) is 42.5 Å². The fourth-order valence-electron chi connectivity index (χ4n) is 3.68. The number of amides is 2. The van der Waals surface area contributed by atoms with Crippen LogP contribution in [0, 0.1) is 0 Å². The highest BCUT2D eigenvalue weighted by Crippen LogP contribution is 2.29. The van der Waals surface area contributed by atoms with Gasteiger partial charge in [0.15, 0.2) is 0 Å². The monoisotopic (exact) mass is 555 g/mol. The molecule has 2 amide bonds. The number of rotatable bonds is 11. The van der Waals surface area contributed by atoms with Gasteiger partial charge >= 0.3 is 0 Å². The Labute approximate surface area is 224 Å². The number of hydrogen-bond acceptors (Lipinski definition) is 4. The minimum absolute atomic E-state index is 0.0353. The molecule has 0 fully saturated rings. The van der Waals surface area contributed by atoms with Crippen LogP contribution < -0.4 is 9.62 Å². The molecule has 36 heavy (non-hydrogen) atoms. The summed E-state index contributed by atoms with van der Waals surface area (Å²) in [7, 11) is -3.81. The Balaban J connectivity index is 2.47. The molecule has 0 bridgehead atoms. The normalized spacial score (nSPS) is 13.2. The van der Waals surface area contributed by atoms with Gasteiger partial charge in [-0.15, -0.1) is 0 Å². The highest BCUT2D eigenvalue weighted by molar-refractivity contribution is 7.92. The molecule has 0 aliphatic heterocycles. The first-order valence-corrected chi connectivity index (χ1v) is 14.5. The van der Waals surface area contributed by atoms with E-state index < -0.39 is 28.5 Å². The third kappa shape index (κ3) is 7.85. The largest absolute Gasteiger partial charge is 0.352 e. The molecule has 0 aromatic heterocycles. The predicted octanol–water partition coefficient (Wildman–Crippen LogP) is 5.21. The molecule has 0 spiro atoms. The molecule has 2 atom stereocenters. The maximum atomic E-state index is 13.7. The molecular formula is C26H35Cl2N3O4S. The standard InChI is InChI=1S/C26H35Cl2N3O4S/c1-7-18(4)29-26(33)19(5)30(15-20-12-13-22(27)23(28)14-20)25(32)16-31(36(6,34)35)24-11-9-8-10-21(24)17(2)3/h8-14,17-19H,7,15-16H2,1-6H3,(H,29,33)/t18-,19-/m1/s1. The van der Waals surface area contributed by atoms with Crippen molar-refractivity contribution in [1.82, 2.24) is 10.2 Å². The third-order valence-electron chi connectivity index (χ3n) is 6.01. The maximum Gasteiger partial charge on any atom is 0.244 e. The van der Waals surface area contributed by atoms with Gasteiger partial charge in [0.2, 0.25) is 21.8 Å². The predicted molar refractivity (Wildman–Crippen MR) is 147 cm³/mol. The molecule has 2 rings (SSSR count). The lowest BCUT2D eigenvalue weighted by molar-refractivity contribution is -0.139. The Kier molecular flexibility index (Phi) is 10.6. The van der Waals surface area contributed by atoms with E-state index in [-0.39, 0.29) is 24.4 Å². The molecule has 0 heterocycles. The lowest BCUT2D eigenvalue weighted by Gasteiger charge is -2.32. The summed E-state index contributed by atoms with van der Waals surface area (Å²) in [6.45, 7) is 8.96. The van der Waals surface area contributed by atoms with Crippen molar-refractivity contribution in [2.75, 3.05) is 17.1 Å². The summed E-state index contributed by atoms with van der Waals surface area (Å²) in [6, 6.07) is 11.1. The number of anilines is 1. The van der Waals surface area contributed by atoms with Gasteiger partial charge in [-0.25, -0.2) is 8.42 Å². The molecule has 10 heteroatoms. The second-order valence-corrected chi connectivity index (χ2v) is 12.0. The van der Waals surface area contributed by atoms with Crippen LogP contribution in [0.1, 0.15) is 58.1 Å². The first kappa shape index (κ1) is 29.9. The van der Waals surface area contributed by atoms with E-state index in [0.717, 1.165) is 22.5 Å². The SMILES string of the molecule is CC[C@@H](C)NC(=O)[C@@H](C)N(Cc1ccc(Cl)c(Cl)c1)C(=O)CN(c1ccccc1C(C)C)S(C)(=O)=O. The van der Waals surface area contributed by atoms with E-state index in [1.54, 1.807) is 37.3 Å². The molecule has 1 N–H and O–H groups in total. The van der Waals surface area contributed by atoms with Crippen molar-refractivity contribution >= 4 is 50.7 Å². The highest BCUT2D eigenvalue weighted by atomic mass is 35.5. The zero-order valence-corrected chi connectivity index (χ0v) is 23.9. The molecular weight excluding hydrogens is 521 g/mol. The summed E-state index contributed by atoms with van der Waals surface area (Å²) < 4.78 is 26.8. The van der Waals surface area contributed by atoms with Gasteiger partial charge in [0.1, 0.15) is 12.6 Å². The third-order valence-corrected chi connectivity index (χ3v) is 7.88. The molecule has 2 aromatic carbocycles. The number of nitrogens with zero attached hydrogens (tertiary/aromatic N) is 2. The van der Waals surface area contributed by atoms with Crippen molar-refractivity contribution in [3.05, 3.63) is 63.6 Å². The van der Waals surface area contributed by atoms with Crippen LogP contribution >= 0.6 is 23.2 Å². The fourth-order valence-corrected chi connectivity index (χ4v) is 4.87. The van der Waals surface area contributed by atoms with E-state index in [1.807, 2.05) is 39.8 Å². The summed E-state index contributed by atoms with van der Waals surface area (Å²) in [5.74, 6) is -0.809. The highest BCUT2D eigenvalue weighted by Gasteiger charge is 2.31. The average Bonchev–Trinajstić information content (AvgIpc) is 2.81. The van der Waals surface area contributed by atoms with Gasteiger partial charge in [-0.3, -0.25) is 13.9 Å². The molecule has 0 radical (unpaired) electrons. The van der Waals surface area contributed by atoms with Crippen LogP contribution in [0.25, 0.3) is 0 Å². The van der Waals surface area contributed by atoms with Crippen LogP contribution in [0.3, 0.4) is 0 Å². The van der Waals surface area contributed by atoms with E-state index in [9.17, 15) is 18.0 Å². The Morgan fingerprint density at radius 1 is 1.00 bits per heavy atom. The van der Waals surface area contributed by atoms with Crippen LogP contribution in [-0.4, -0.2) is 50.0 Å². The van der Waals surface area contributed by atoms with Crippen molar-refractivity contribution in [3.8, 4) is 0 Å². The number of para-hydroxylation sites is 1. The minimum Gasteiger partial charge on any atom is -0.352 e. The van der Waals surface area contributed by atoms with Gasteiger partial charge in [-0.1, -0.05) is 68.2 Å². The van der Waals surface area contributed by atoms with Crippen molar-refractivity contribution in [3.63, 3.8) is 0 Å². The number of sulfonamides is 1. The zero-order chi connectivity index (χ0) is 27.2. The van der Waals surface area contributed by atoms with Crippen LogP contribution in [-0.2, 0) is 26.2 Å². The molecule has 7 nitrogen and oxygen atoms in total. The number of nitrogens with one attached hydrogen (secondary N) is 1. The molecule has 0 aliphatic rings. The second kappa shape index (κ2) is 12.8. The van der Waals surface area contributed by atoms with E-state index in [0.29, 0.717) is 21.3 Å². The Hall–Kier alpha value is -2.29. The molecule has 0 saturated carbocycles. The van der Waals surface area contributed by atoms with Crippen molar-refractivity contribution in [2.24, 2.45) is 0 Å². The Morgan fingerprint density at radius 3 is 2.19 bits per heavy atom. The first-order chi connectivity index (χ1) is 16.8. The molecule has 0 saturated heterocycles. The topological polar surface area (TPSA) is 86.8 Å². The quantitative estimate of drug-likeness (QED) is 0.412. The van der Waals surface area contributed by atoms with E-state index in [2.05, 4.69) is 5.32 Å². The van der Waals surface area contributed by atoms with E-state index in [1.165, 1.54) is 4.90 Å². The number of carbonyl (C=O) groups excluding carboxylic acids is 2. The summed E-state index contributed by atoms with van der Waals surface area (Å²) >= 11 is 12.2. The van der Waals surface area contributed by atoms with Crippen LogP contribution in [0.5, 0.6) is 0 Å². The van der Waals surface area contributed by atoms with Gasteiger partial charge in [-0.2, -0.15) is 0 Å². The molecule has 0 unspecified atom stereocenters. The smallest absolute Gasteiger partial charge is 0.244 e. The van der Waals surface area contributed by atoms with Crippen molar-refractivity contribution in [1.29, 1.82) is 0 Å². The van der Waals surface area contributed by atoms with E-state index in [4.69, 9.17) is 23.2 Å². The lowest BCUT2D eigenvalue weighted by Crippen LogP contribution is -2.52. The Morgan fingerprint density at radius 2 is 1.64 bits per heavy atom. The van der Waals surface area contributed by atoms with Gasteiger partial charge in [0.25, 0.3) is 0 Å². The summed E-state index contributed by atoms with van der Waals surface area (Å²) in [5, 5.41) is 3.59. The van der Waals surface area contributed by atoms with Gasteiger partial charge in [0.05, 0.1) is 22.0 Å². The minimum atomic E-state index is -3.81. The Bertz CT molecular complexity index is 1190. The van der Waals surface area contributed by atoms with Crippen molar-refractivity contribution < 1.29 is 18.0 Å². The number of benzene rings is 2. The summed E-state index contributed by atoms with van der Waals surface area (Å²) in [5.41, 5.74) is 1.90.